The molecule has 1 amide bonds. The van der Waals surface area contributed by atoms with Gasteiger partial charge in [-0.2, -0.15) is 0 Å². The fraction of sp³-hybridized carbons (Fsp3) is 0.182. The molecule has 1 rings (SSSR count). The van der Waals surface area contributed by atoms with Gasteiger partial charge in [-0.05, 0) is 17.7 Å². The number of carbonyl (C=O) groups excluding carboxylic acids is 1. The van der Waals surface area contributed by atoms with E-state index < -0.39 is 0 Å². The van der Waals surface area contributed by atoms with Crippen molar-refractivity contribution in [3.8, 4) is 0 Å². The Morgan fingerprint density at radius 1 is 1.31 bits per heavy atom. The summed E-state index contributed by atoms with van der Waals surface area (Å²) in [6.45, 7) is 1.93. The highest BCUT2D eigenvalue weighted by Crippen LogP contribution is 2.31. The quantitative estimate of drug-likeness (QED) is 0.837. The third-order valence-corrected chi connectivity index (χ3v) is 2.98. The third-order valence-electron chi connectivity index (χ3n) is 1.79. The second-order valence-corrected chi connectivity index (χ2v) is 4.33. The van der Waals surface area contributed by atoms with Gasteiger partial charge in [0.05, 0.1) is 15.1 Å². The van der Waals surface area contributed by atoms with Crippen LogP contribution in [-0.4, -0.2) is 12.5 Å². The molecule has 0 aliphatic heterocycles. The molecule has 0 aliphatic rings. The molecule has 1 aromatic carbocycles. The zero-order valence-corrected chi connectivity index (χ0v) is 10.8. The normalized spacial score (nSPS) is 10.8. The van der Waals surface area contributed by atoms with Crippen LogP contribution in [0.5, 0.6) is 0 Å². The zero-order valence-electron chi connectivity index (χ0n) is 8.56. The van der Waals surface area contributed by atoms with Crippen LogP contribution in [0.2, 0.25) is 15.1 Å². The summed E-state index contributed by atoms with van der Waals surface area (Å²) >= 11 is 17.5. The van der Waals surface area contributed by atoms with Crippen molar-refractivity contribution >= 4 is 46.8 Å². The lowest BCUT2D eigenvalue weighted by molar-refractivity contribution is -0.118. The molecule has 0 saturated heterocycles. The van der Waals surface area contributed by atoms with Crippen LogP contribution in [0.3, 0.4) is 0 Å². The standard InChI is InChI=1S/C11H10Cl3NO/c1-7(16)15-4-2-3-8-5-9(12)11(14)10(13)6-8/h2-3,5-6H,4H2,1H3,(H,15,16). The first-order chi connectivity index (χ1) is 7.50. The van der Waals surface area contributed by atoms with Crippen molar-refractivity contribution in [2.45, 2.75) is 6.92 Å². The molecule has 1 aromatic rings. The van der Waals surface area contributed by atoms with E-state index in [0.29, 0.717) is 21.6 Å². The van der Waals surface area contributed by atoms with Gasteiger partial charge in [0.1, 0.15) is 0 Å². The maximum absolute atomic E-state index is 10.6. The molecule has 0 aromatic heterocycles. The molecule has 2 nitrogen and oxygen atoms in total. The van der Waals surface area contributed by atoms with Crippen LogP contribution < -0.4 is 5.32 Å². The Hall–Kier alpha value is -0.700. The van der Waals surface area contributed by atoms with Crippen LogP contribution in [0, 0.1) is 0 Å². The summed E-state index contributed by atoms with van der Waals surface area (Å²) in [4.78, 5) is 10.6. The maximum Gasteiger partial charge on any atom is 0.217 e. The van der Waals surface area contributed by atoms with Crippen molar-refractivity contribution in [1.29, 1.82) is 0 Å². The summed E-state index contributed by atoms with van der Waals surface area (Å²) in [5, 5.41) is 3.81. The van der Waals surface area contributed by atoms with Crippen molar-refractivity contribution in [2.24, 2.45) is 0 Å². The van der Waals surface area contributed by atoms with E-state index in [4.69, 9.17) is 34.8 Å². The molecule has 0 heterocycles. The van der Waals surface area contributed by atoms with Crippen molar-refractivity contribution in [1.82, 2.24) is 5.32 Å². The number of carbonyl (C=O) groups is 1. The van der Waals surface area contributed by atoms with Crippen molar-refractivity contribution < 1.29 is 4.79 Å². The molecule has 0 fully saturated rings. The van der Waals surface area contributed by atoms with Gasteiger partial charge in [0.25, 0.3) is 0 Å². The fourth-order valence-electron chi connectivity index (χ4n) is 1.07. The van der Waals surface area contributed by atoms with E-state index in [1.807, 2.05) is 6.08 Å². The molecule has 0 radical (unpaired) electrons. The van der Waals surface area contributed by atoms with E-state index in [-0.39, 0.29) is 5.91 Å². The predicted molar refractivity (Wildman–Crippen MR) is 69.2 cm³/mol. The fourth-order valence-corrected chi connectivity index (χ4v) is 1.68. The maximum atomic E-state index is 10.6. The van der Waals surface area contributed by atoms with Crippen LogP contribution in [-0.2, 0) is 4.79 Å². The van der Waals surface area contributed by atoms with Gasteiger partial charge in [-0.15, -0.1) is 0 Å². The lowest BCUT2D eigenvalue weighted by atomic mass is 10.2. The zero-order chi connectivity index (χ0) is 12.1. The first-order valence-electron chi connectivity index (χ1n) is 4.56. The minimum atomic E-state index is -0.0724. The largest absolute Gasteiger partial charge is 0.353 e. The number of benzene rings is 1. The molecule has 0 unspecified atom stereocenters. The van der Waals surface area contributed by atoms with E-state index in [2.05, 4.69) is 5.32 Å². The summed E-state index contributed by atoms with van der Waals surface area (Å²) < 4.78 is 0. The van der Waals surface area contributed by atoms with Gasteiger partial charge in [0, 0.05) is 13.5 Å². The summed E-state index contributed by atoms with van der Waals surface area (Å²) in [7, 11) is 0. The smallest absolute Gasteiger partial charge is 0.217 e. The number of hydrogen-bond donors (Lipinski definition) is 1. The number of nitrogens with one attached hydrogen (secondary N) is 1. The van der Waals surface area contributed by atoms with Gasteiger partial charge >= 0.3 is 0 Å². The lowest BCUT2D eigenvalue weighted by Crippen LogP contribution is -2.19. The number of hydrogen-bond acceptors (Lipinski definition) is 1. The van der Waals surface area contributed by atoms with Gasteiger partial charge in [0.2, 0.25) is 5.91 Å². The average Bonchev–Trinajstić information content (AvgIpc) is 2.20. The topological polar surface area (TPSA) is 29.1 Å². The summed E-state index contributed by atoms with van der Waals surface area (Å²) in [6.07, 6.45) is 3.61. The lowest BCUT2D eigenvalue weighted by Gasteiger charge is -2.01. The minimum absolute atomic E-state index is 0.0724. The molecule has 86 valence electrons. The number of halogens is 3. The van der Waals surface area contributed by atoms with E-state index in [9.17, 15) is 4.79 Å². The second kappa shape index (κ2) is 6.14. The van der Waals surface area contributed by atoms with Crippen LogP contribution in [0.1, 0.15) is 12.5 Å². The van der Waals surface area contributed by atoms with Crippen molar-refractivity contribution in [3.63, 3.8) is 0 Å². The third kappa shape index (κ3) is 4.05. The molecule has 5 heteroatoms. The molecule has 0 spiro atoms. The van der Waals surface area contributed by atoms with Gasteiger partial charge in [-0.3, -0.25) is 4.79 Å². The highest BCUT2D eigenvalue weighted by Gasteiger charge is 2.03. The molecule has 0 aliphatic carbocycles. The van der Waals surface area contributed by atoms with Gasteiger partial charge in [-0.25, -0.2) is 0 Å². The van der Waals surface area contributed by atoms with E-state index in [0.717, 1.165) is 5.56 Å². The second-order valence-electron chi connectivity index (χ2n) is 3.14. The SMILES string of the molecule is CC(=O)NCC=Cc1cc(Cl)c(Cl)c(Cl)c1. The van der Waals surface area contributed by atoms with Crippen LogP contribution in [0.4, 0.5) is 0 Å². The van der Waals surface area contributed by atoms with E-state index in [1.54, 1.807) is 18.2 Å². The van der Waals surface area contributed by atoms with Crippen molar-refractivity contribution in [2.75, 3.05) is 6.54 Å². The molecule has 0 saturated carbocycles. The predicted octanol–water partition coefficient (Wildman–Crippen LogP) is 3.80. The van der Waals surface area contributed by atoms with Gasteiger partial charge in [-0.1, -0.05) is 47.0 Å². The Morgan fingerprint density at radius 2 is 1.88 bits per heavy atom. The van der Waals surface area contributed by atoms with Crippen molar-refractivity contribution in [3.05, 3.63) is 38.8 Å². The molecule has 0 atom stereocenters. The molecular weight excluding hydrogens is 268 g/mol. The molecular formula is C11H10Cl3NO. The summed E-state index contributed by atoms with van der Waals surface area (Å²) in [6, 6.07) is 3.42. The Labute approximate surface area is 109 Å². The summed E-state index contributed by atoms with van der Waals surface area (Å²) in [5.41, 5.74) is 0.838. The first-order valence-corrected chi connectivity index (χ1v) is 5.69. The van der Waals surface area contributed by atoms with Crippen LogP contribution >= 0.6 is 34.8 Å². The van der Waals surface area contributed by atoms with E-state index >= 15 is 0 Å². The minimum Gasteiger partial charge on any atom is -0.353 e. The Bertz CT molecular complexity index is 406. The molecule has 1 N–H and O–H groups in total. The molecule has 16 heavy (non-hydrogen) atoms. The highest BCUT2D eigenvalue weighted by atomic mass is 35.5. The number of rotatable bonds is 3. The Kier molecular flexibility index (Phi) is 5.13. The van der Waals surface area contributed by atoms with Crippen LogP contribution in [0.25, 0.3) is 6.08 Å². The number of amides is 1. The Balaban J connectivity index is 2.71. The monoisotopic (exact) mass is 277 g/mol. The van der Waals surface area contributed by atoms with E-state index in [1.165, 1.54) is 6.92 Å². The van der Waals surface area contributed by atoms with Gasteiger partial charge in [0.15, 0.2) is 0 Å². The van der Waals surface area contributed by atoms with Gasteiger partial charge < -0.3 is 5.32 Å². The summed E-state index contributed by atoms with van der Waals surface area (Å²) in [5.74, 6) is -0.0724. The Morgan fingerprint density at radius 3 is 2.38 bits per heavy atom. The average molecular weight is 279 g/mol. The van der Waals surface area contributed by atoms with Crippen LogP contribution in [0.15, 0.2) is 18.2 Å². The molecule has 0 bridgehead atoms. The highest BCUT2D eigenvalue weighted by molar-refractivity contribution is 6.48. The first kappa shape index (κ1) is 13.4.